The Kier molecular flexibility index (Phi) is 8.79. The molecule has 2 amide bonds. The number of fused-ring (bicyclic) bond motifs is 1. The fourth-order valence-corrected chi connectivity index (χ4v) is 6.55. The van der Waals surface area contributed by atoms with Crippen molar-refractivity contribution in [1.29, 1.82) is 0 Å². The van der Waals surface area contributed by atoms with Gasteiger partial charge in [0.25, 0.3) is 0 Å². The highest BCUT2D eigenvalue weighted by molar-refractivity contribution is 7.12. The second-order valence-corrected chi connectivity index (χ2v) is 12.3. The number of benzene rings is 3. The van der Waals surface area contributed by atoms with E-state index in [1.807, 2.05) is 104 Å². The zero-order valence-corrected chi connectivity index (χ0v) is 25.8. The molecule has 0 N–H and O–H groups in total. The molecule has 1 aliphatic heterocycles. The molecule has 0 spiro atoms. The Hall–Kier alpha value is -4.82. The second-order valence-electron chi connectivity index (χ2n) is 11.1. The zero-order chi connectivity index (χ0) is 30.5. The molecule has 0 bridgehead atoms. The number of hydrogen-bond acceptors (Lipinski definition) is 5. The first-order valence-electron chi connectivity index (χ1n) is 14.9. The molecule has 3 heterocycles. The summed E-state index contributed by atoms with van der Waals surface area (Å²) < 4.78 is 1.80. The monoisotopic (exact) mass is 601 g/mol. The number of carbonyl (C=O) groups excluding carboxylic acids is 2. The third kappa shape index (κ3) is 6.71. The van der Waals surface area contributed by atoms with Crippen LogP contribution in [-0.4, -0.2) is 49.0 Å². The lowest BCUT2D eigenvalue weighted by atomic mass is 9.97. The molecule has 2 aromatic heterocycles. The van der Waals surface area contributed by atoms with Crippen molar-refractivity contribution in [2.45, 2.75) is 45.8 Å². The number of aromatic nitrogens is 3. The lowest BCUT2D eigenvalue weighted by molar-refractivity contribution is -0.144. The Morgan fingerprint density at radius 3 is 2.39 bits per heavy atom. The number of thiazole rings is 1. The van der Waals surface area contributed by atoms with Gasteiger partial charge >= 0.3 is 0 Å². The van der Waals surface area contributed by atoms with Crippen molar-refractivity contribution in [1.82, 2.24) is 24.6 Å². The number of aryl methyl sites for hydroxylation is 2. The first kappa shape index (κ1) is 29.3. The largest absolute Gasteiger partial charge is 0.336 e. The van der Waals surface area contributed by atoms with Crippen LogP contribution < -0.4 is 0 Å². The van der Waals surface area contributed by atoms with Crippen LogP contribution in [0, 0.1) is 13.8 Å². The van der Waals surface area contributed by atoms with Crippen molar-refractivity contribution >= 4 is 29.2 Å². The molecule has 222 valence electrons. The van der Waals surface area contributed by atoms with Crippen LogP contribution in [0.25, 0.3) is 11.8 Å². The smallest absolute Gasteiger partial charge is 0.247 e. The van der Waals surface area contributed by atoms with E-state index in [9.17, 15) is 9.59 Å². The SMILES string of the molecule is Cc1nc(C)c(C=CC(=O)N(Cc2ccc(-n3cccn3)cc2)C(Cc2ccccc2)C(=O)N2CCc3ccccc3C2)s1. The molecule has 6 rings (SSSR count). The van der Waals surface area contributed by atoms with Crippen molar-refractivity contribution in [3.05, 3.63) is 141 Å². The average molecular weight is 602 g/mol. The fraction of sp³-hybridized carbons (Fsp3) is 0.222. The van der Waals surface area contributed by atoms with Crippen molar-refractivity contribution in [2.75, 3.05) is 6.54 Å². The first-order chi connectivity index (χ1) is 21.4. The van der Waals surface area contributed by atoms with Gasteiger partial charge in [-0.15, -0.1) is 11.3 Å². The van der Waals surface area contributed by atoms with Crippen LogP contribution in [0.4, 0.5) is 0 Å². The van der Waals surface area contributed by atoms with Gasteiger partial charge in [-0.1, -0.05) is 66.7 Å². The van der Waals surface area contributed by atoms with Crippen LogP contribution in [-0.2, 0) is 35.5 Å². The van der Waals surface area contributed by atoms with Gasteiger partial charge in [-0.2, -0.15) is 5.10 Å². The molecular weight excluding hydrogens is 566 g/mol. The van der Waals surface area contributed by atoms with Crippen LogP contribution in [0.1, 0.15) is 37.8 Å². The molecule has 44 heavy (non-hydrogen) atoms. The fourth-order valence-electron chi connectivity index (χ4n) is 5.72. The predicted molar refractivity (Wildman–Crippen MR) is 174 cm³/mol. The summed E-state index contributed by atoms with van der Waals surface area (Å²) in [4.78, 5) is 37.7. The molecule has 0 radical (unpaired) electrons. The Morgan fingerprint density at radius 2 is 1.68 bits per heavy atom. The molecular formula is C36H35N5O2S. The van der Waals surface area contributed by atoms with E-state index < -0.39 is 6.04 Å². The molecule has 7 nitrogen and oxygen atoms in total. The van der Waals surface area contributed by atoms with E-state index in [1.54, 1.807) is 33.2 Å². The van der Waals surface area contributed by atoms with E-state index in [2.05, 4.69) is 22.2 Å². The quantitative estimate of drug-likeness (QED) is 0.189. The Bertz CT molecular complexity index is 1760. The molecule has 3 aromatic carbocycles. The number of nitrogens with zero attached hydrogens (tertiary/aromatic N) is 5. The molecule has 1 aliphatic rings. The van der Waals surface area contributed by atoms with E-state index in [-0.39, 0.29) is 18.4 Å². The molecule has 0 fully saturated rings. The zero-order valence-electron chi connectivity index (χ0n) is 25.0. The summed E-state index contributed by atoms with van der Waals surface area (Å²) in [6.45, 7) is 5.35. The van der Waals surface area contributed by atoms with E-state index >= 15 is 0 Å². The molecule has 0 saturated carbocycles. The maximum atomic E-state index is 14.5. The van der Waals surface area contributed by atoms with Gasteiger partial charge in [-0.3, -0.25) is 9.59 Å². The van der Waals surface area contributed by atoms with Crippen molar-refractivity contribution in [3.8, 4) is 5.69 Å². The number of rotatable bonds is 9. The standard InChI is InChI=1S/C36H35N5O2S/c1-26-34(44-27(2)38-26)17-18-35(42)40(24-29-13-15-32(16-14-29)41-21-8-20-37-41)33(23-28-9-4-3-5-10-28)36(43)39-22-19-30-11-6-7-12-31(30)25-39/h3-18,20-21,33H,19,22-25H2,1-2H3. The van der Waals surface area contributed by atoms with Crippen molar-refractivity contribution < 1.29 is 9.59 Å². The summed E-state index contributed by atoms with van der Waals surface area (Å²) in [5.74, 6) is -0.249. The molecule has 5 aromatic rings. The number of hydrogen-bond donors (Lipinski definition) is 0. The van der Waals surface area contributed by atoms with Crippen LogP contribution in [0.3, 0.4) is 0 Å². The summed E-state index contributed by atoms with van der Waals surface area (Å²) in [7, 11) is 0. The van der Waals surface area contributed by atoms with Gasteiger partial charge in [0.2, 0.25) is 11.8 Å². The van der Waals surface area contributed by atoms with Gasteiger partial charge in [-0.05, 0) is 66.8 Å². The van der Waals surface area contributed by atoms with Gasteiger partial charge < -0.3 is 9.80 Å². The summed E-state index contributed by atoms with van der Waals surface area (Å²) in [5.41, 5.74) is 6.20. The van der Waals surface area contributed by atoms with Crippen LogP contribution in [0.5, 0.6) is 0 Å². The maximum Gasteiger partial charge on any atom is 0.247 e. The third-order valence-electron chi connectivity index (χ3n) is 8.03. The Morgan fingerprint density at radius 1 is 0.932 bits per heavy atom. The van der Waals surface area contributed by atoms with Gasteiger partial charge in [0.1, 0.15) is 6.04 Å². The second kappa shape index (κ2) is 13.2. The highest BCUT2D eigenvalue weighted by Crippen LogP contribution is 2.24. The van der Waals surface area contributed by atoms with E-state index in [0.29, 0.717) is 19.5 Å². The summed E-state index contributed by atoms with van der Waals surface area (Å²) in [6, 6.07) is 27.4. The molecule has 1 atom stereocenters. The molecule has 0 aliphatic carbocycles. The van der Waals surface area contributed by atoms with E-state index in [0.717, 1.165) is 44.4 Å². The minimum absolute atomic E-state index is 0.0388. The molecule has 1 unspecified atom stereocenters. The Balaban J connectivity index is 1.35. The highest BCUT2D eigenvalue weighted by atomic mass is 32.1. The van der Waals surface area contributed by atoms with Crippen molar-refractivity contribution in [2.24, 2.45) is 0 Å². The summed E-state index contributed by atoms with van der Waals surface area (Å²) in [6.07, 6.45) is 8.27. The topological polar surface area (TPSA) is 71.3 Å². The summed E-state index contributed by atoms with van der Waals surface area (Å²) in [5, 5.41) is 5.27. The van der Waals surface area contributed by atoms with Gasteiger partial charge in [0.05, 0.1) is 21.3 Å². The van der Waals surface area contributed by atoms with Gasteiger partial charge in [0.15, 0.2) is 0 Å². The van der Waals surface area contributed by atoms with Crippen LogP contribution >= 0.6 is 11.3 Å². The minimum Gasteiger partial charge on any atom is -0.336 e. The van der Waals surface area contributed by atoms with Crippen molar-refractivity contribution in [3.63, 3.8) is 0 Å². The number of carbonyl (C=O) groups is 2. The van der Waals surface area contributed by atoms with Crippen LogP contribution in [0.15, 0.2) is 103 Å². The molecule has 8 heteroatoms. The van der Waals surface area contributed by atoms with Gasteiger partial charge in [0, 0.05) is 44.5 Å². The normalized spacial score (nSPS) is 13.5. The Labute approximate surface area is 262 Å². The highest BCUT2D eigenvalue weighted by Gasteiger charge is 2.34. The van der Waals surface area contributed by atoms with Gasteiger partial charge in [-0.25, -0.2) is 9.67 Å². The van der Waals surface area contributed by atoms with E-state index in [1.165, 1.54) is 5.56 Å². The average Bonchev–Trinajstić information content (AvgIpc) is 3.71. The summed E-state index contributed by atoms with van der Waals surface area (Å²) >= 11 is 1.55. The van der Waals surface area contributed by atoms with Crippen LogP contribution in [0.2, 0.25) is 0 Å². The van der Waals surface area contributed by atoms with E-state index in [4.69, 9.17) is 0 Å². The predicted octanol–water partition coefficient (Wildman–Crippen LogP) is 6.18. The first-order valence-corrected chi connectivity index (χ1v) is 15.7. The minimum atomic E-state index is -0.685. The third-order valence-corrected chi connectivity index (χ3v) is 9.07. The lowest BCUT2D eigenvalue weighted by Crippen LogP contribution is -2.52. The number of amides is 2. The maximum absolute atomic E-state index is 14.5. The lowest BCUT2D eigenvalue weighted by Gasteiger charge is -2.37. The molecule has 0 saturated heterocycles.